The summed E-state index contributed by atoms with van der Waals surface area (Å²) in [5.41, 5.74) is 1.74. The van der Waals surface area contributed by atoms with E-state index < -0.39 is 12.1 Å². The Kier molecular flexibility index (Phi) is 12.0. The summed E-state index contributed by atoms with van der Waals surface area (Å²) in [7, 11) is 1.75. The molecule has 5 rings (SSSR count). The maximum Gasteiger partial charge on any atom is 0.323 e. The molecule has 0 saturated carbocycles. The Morgan fingerprint density at radius 2 is 1.65 bits per heavy atom. The van der Waals surface area contributed by atoms with Gasteiger partial charge >= 0.3 is 6.03 Å². The van der Waals surface area contributed by atoms with E-state index in [-0.39, 0.29) is 55.4 Å². The van der Waals surface area contributed by atoms with E-state index in [9.17, 15) is 19.5 Å². The molecule has 0 unspecified atom stereocenters. The maximum absolute atomic E-state index is 14.4. The molecule has 0 aliphatic carbocycles. The number of urea groups is 1. The van der Waals surface area contributed by atoms with Crippen LogP contribution < -0.4 is 24.8 Å². The van der Waals surface area contributed by atoms with Gasteiger partial charge in [0, 0.05) is 55.7 Å². The molecule has 0 saturated heterocycles. The first-order valence-electron chi connectivity index (χ1n) is 16.7. The third-order valence-corrected chi connectivity index (χ3v) is 8.76. The van der Waals surface area contributed by atoms with E-state index in [2.05, 4.69) is 10.6 Å². The van der Waals surface area contributed by atoms with Crippen LogP contribution in [-0.2, 0) is 4.74 Å². The highest BCUT2D eigenvalue weighted by Crippen LogP contribution is 2.34. The molecule has 0 fully saturated rings. The van der Waals surface area contributed by atoms with Crippen molar-refractivity contribution in [2.75, 3.05) is 50.8 Å². The summed E-state index contributed by atoms with van der Waals surface area (Å²) < 4.78 is 23.4. The molecule has 262 valence electrons. The van der Waals surface area contributed by atoms with Crippen LogP contribution in [-0.4, -0.2) is 91.1 Å². The van der Waals surface area contributed by atoms with E-state index in [4.69, 9.17) is 18.9 Å². The molecule has 4 atom stereocenters. The van der Waals surface area contributed by atoms with Gasteiger partial charge in [-0.3, -0.25) is 9.59 Å². The van der Waals surface area contributed by atoms with Gasteiger partial charge in [0.05, 0.1) is 30.4 Å². The van der Waals surface area contributed by atoms with Gasteiger partial charge in [0.15, 0.2) is 11.5 Å². The number of nitrogens with one attached hydrogen (secondary N) is 2. The second kappa shape index (κ2) is 16.5. The van der Waals surface area contributed by atoms with Gasteiger partial charge in [0.2, 0.25) is 6.79 Å². The first kappa shape index (κ1) is 35.5. The third-order valence-electron chi connectivity index (χ3n) is 8.76. The largest absolute Gasteiger partial charge is 0.490 e. The number of rotatable bonds is 7. The van der Waals surface area contributed by atoms with Gasteiger partial charge in [0.1, 0.15) is 5.75 Å². The molecule has 2 aliphatic heterocycles. The quantitative estimate of drug-likeness (QED) is 0.293. The normalized spacial score (nSPS) is 20.3. The molecular weight excluding hydrogens is 628 g/mol. The van der Waals surface area contributed by atoms with Crippen LogP contribution in [0.25, 0.3) is 0 Å². The number of benzene rings is 3. The van der Waals surface area contributed by atoms with Crippen LogP contribution in [0.2, 0.25) is 0 Å². The number of carbonyl (C=O) groups excluding carboxylic acids is 3. The average Bonchev–Trinajstić information content (AvgIpc) is 3.57. The first-order chi connectivity index (χ1) is 23.6. The van der Waals surface area contributed by atoms with E-state index in [0.29, 0.717) is 47.3 Å². The van der Waals surface area contributed by atoms with Crippen LogP contribution in [0.5, 0.6) is 17.2 Å². The Labute approximate surface area is 287 Å². The van der Waals surface area contributed by atoms with Gasteiger partial charge in [-0.15, -0.1) is 0 Å². The molecule has 2 heterocycles. The summed E-state index contributed by atoms with van der Waals surface area (Å²) in [4.78, 5) is 43.8. The van der Waals surface area contributed by atoms with Crippen molar-refractivity contribution in [3.63, 3.8) is 0 Å². The average molecular weight is 675 g/mol. The molecule has 0 spiro atoms. The number of aliphatic hydroxyl groups is 1. The Morgan fingerprint density at radius 1 is 0.959 bits per heavy atom. The van der Waals surface area contributed by atoms with Crippen LogP contribution in [0.1, 0.15) is 60.7 Å². The van der Waals surface area contributed by atoms with Crippen molar-refractivity contribution < 1.29 is 38.4 Å². The standard InChI is InChI=1S/C37H46N4O8/c1-24-20-41(25(2)22-42)36(44)30-18-28(38-37(45)39-29-14-16-32-33(19-29)48-23-47-32)13-15-31(30)49-26(3)10-8-9-17-46-34(24)21-40(4)35(43)27-11-6-5-7-12-27/h5-7,11-16,18-19,24-26,34,42H,8-10,17,20-23H2,1-4H3,(H2,38,39,45)/t24-,25+,26-,34-/m1/s1. The SMILES string of the molecule is C[C@@H]1CCCCO[C@H](CN(C)C(=O)c2ccccc2)[C@H](C)CN([C@@H](C)CO)C(=O)c2cc(NC(=O)Nc3ccc4c(c3)OCO4)ccc2O1. The highest BCUT2D eigenvalue weighted by Gasteiger charge is 2.31. The van der Waals surface area contributed by atoms with E-state index in [1.807, 2.05) is 32.0 Å². The summed E-state index contributed by atoms with van der Waals surface area (Å²) in [6.45, 7) is 6.64. The number of ether oxygens (including phenoxy) is 4. The van der Waals surface area contributed by atoms with Crippen molar-refractivity contribution in [1.29, 1.82) is 0 Å². The van der Waals surface area contributed by atoms with Crippen molar-refractivity contribution in [2.45, 2.75) is 58.3 Å². The molecule has 12 nitrogen and oxygen atoms in total. The third kappa shape index (κ3) is 9.21. The number of carbonyl (C=O) groups is 3. The van der Waals surface area contributed by atoms with Gasteiger partial charge in [-0.1, -0.05) is 25.1 Å². The van der Waals surface area contributed by atoms with Gasteiger partial charge in [-0.25, -0.2) is 4.79 Å². The molecule has 0 radical (unpaired) electrons. The van der Waals surface area contributed by atoms with Gasteiger partial charge in [-0.2, -0.15) is 0 Å². The highest BCUT2D eigenvalue weighted by molar-refractivity contribution is 6.02. The zero-order chi connectivity index (χ0) is 34.9. The minimum absolute atomic E-state index is 0.116. The lowest BCUT2D eigenvalue weighted by Gasteiger charge is -2.36. The van der Waals surface area contributed by atoms with Crippen molar-refractivity contribution >= 4 is 29.2 Å². The second-order valence-electron chi connectivity index (χ2n) is 12.7. The minimum atomic E-state index is -0.539. The fourth-order valence-corrected chi connectivity index (χ4v) is 5.88. The molecule has 0 aromatic heterocycles. The monoisotopic (exact) mass is 674 g/mol. The summed E-state index contributed by atoms with van der Waals surface area (Å²) in [6, 6.07) is 18.1. The Morgan fingerprint density at radius 3 is 2.39 bits per heavy atom. The lowest BCUT2D eigenvalue weighted by molar-refractivity contribution is -0.0149. The van der Waals surface area contributed by atoms with E-state index in [0.717, 1.165) is 19.3 Å². The summed E-state index contributed by atoms with van der Waals surface area (Å²) in [5.74, 6) is 0.848. The smallest absolute Gasteiger partial charge is 0.323 e. The van der Waals surface area contributed by atoms with Crippen molar-refractivity contribution in [2.24, 2.45) is 5.92 Å². The highest BCUT2D eigenvalue weighted by atomic mass is 16.7. The van der Waals surface area contributed by atoms with Crippen LogP contribution >= 0.6 is 0 Å². The Hall–Kier alpha value is -4.81. The predicted molar refractivity (Wildman–Crippen MR) is 185 cm³/mol. The maximum atomic E-state index is 14.4. The molecule has 4 amide bonds. The number of hydrogen-bond donors (Lipinski definition) is 3. The minimum Gasteiger partial charge on any atom is -0.490 e. The van der Waals surface area contributed by atoms with Crippen LogP contribution in [0, 0.1) is 5.92 Å². The van der Waals surface area contributed by atoms with Crippen LogP contribution in [0.3, 0.4) is 0 Å². The lowest BCUT2D eigenvalue weighted by atomic mass is 10.0. The number of fused-ring (bicyclic) bond motifs is 2. The second-order valence-corrected chi connectivity index (χ2v) is 12.7. The number of likely N-dealkylation sites (N-methyl/N-ethyl adjacent to an activating group) is 1. The Balaban J connectivity index is 1.38. The van der Waals surface area contributed by atoms with Gasteiger partial charge in [-0.05, 0) is 75.6 Å². The van der Waals surface area contributed by atoms with Crippen LogP contribution in [0.15, 0.2) is 66.7 Å². The summed E-state index contributed by atoms with van der Waals surface area (Å²) >= 11 is 0. The molecule has 3 aromatic carbocycles. The predicted octanol–water partition coefficient (Wildman–Crippen LogP) is 5.63. The van der Waals surface area contributed by atoms with E-state index in [1.54, 1.807) is 72.3 Å². The first-order valence-corrected chi connectivity index (χ1v) is 16.7. The zero-order valence-electron chi connectivity index (χ0n) is 28.5. The van der Waals surface area contributed by atoms with Crippen molar-refractivity contribution in [3.05, 3.63) is 77.9 Å². The molecule has 12 heteroatoms. The number of amides is 4. The zero-order valence-corrected chi connectivity index (χ0v) is 28.5. The van der Waals surface area contributed by atoms with Gasteiger partial charge in [0.25, 0.3) is 11.8 Å². The topological polar surface area (TPSA) is 139 Å². The van der Waals surface area contributed by atoms with Crippen molar-refractivity contribution in [3.8, 4) is 17.2 Å². The number of anilines is 2. The molecular formula is C37H46N4O8. The number of aliphatic hydroxyl groups excluding tert-OH is 1. The number of nitrogens with zero attached hydrogens (tertiary/aromatic N) is 2. The lowest BCUT2D eigenvalue weighted by Crippen LogP contribution is -2.48. The molecule has 3 aromatic rings. The molecule has 2 aliphatic rings. The van der Waals surface area contributed by atoms with E-state index in [1.165, 1.54) is 0 Å². The van der Waals surface area contributed by atoms with Crippen LogP contribution in [0.4, 0.5) is 16.2 Å². The Bertz CT molecular complexity index is 1600. The van der Waals surface area contributed by atoms with E-state index >= 15 is 0 Å². The number of hydrogen-bond acceptors (Lipinski definition) is 8. The molecule has 49 heavy (non-hydrogen) atoms. The summed E-state index contributed by atoms with van der Waals surface area (Å²) in [5, 5.41) is 15.8. The summed E-state index contributed by atoms with van der Waals surface area (Å²) in [6.07, 6.45) is 1.81. The van der Waals surface area contributed by atoms with Crippen molar-refractivity contribution in [1.82, 2.24) is 9.80 Å². The van der Waals surface area contributed by atoms with Gasteiger partial charge < -0.3 is 44.5 Å². The fourth-order valence-electron chi connectivity index (χ4n) is 5.88. The molecule has 3 N–H and O–H groups in total. The molecule has 0 bridgehead atoms. The fraction of sp³-hybridized carbons (Fsp3) is 0.432.